The second-order valence-electron chi connectivity index (χ2n) is 16.6. The number of carbonyl (C=O) groups is 2. The van der Waals surface area contributed by atoms with Gasteiger partial charge < -0.3 is 25.1 Å². The van der Waals surface area contributed by atoms with Crippen LogP contribution in [0, 0.1) is 40.3 Å². The molecule has 4 aliphatic carbocycles. The van der Waals surface area contributed by atoms with Gasteiger partial charge in [0.15, 0.2) is 0 Å². The molecule has 10 heteroatoms. The van der Waals surface area contributed by atoms with Crippen LogP contribution in [-0.4, -0.2) is 55.2 Å². The summed E-state index contributed by atoms with van der Waals surface area (Å²) >= 11 is 0. The molecule has 0 saturated heterocycles. The van der Waals surface area contributed by atoms with Crippen molar-refractivity contribution in [2.75, 3.05) is 26.4 Å². The number of amides is 2. The Balaban J connectivity index is 0.791. The van der Waals surface area contributed by atoms with Crippen LogP contribution in [0.3, 0.4) is 0 Å². The molecule has 0 spiro atoms. The molecule has 274 valence electrons. The predicted molar refractivity (Wildman–Crippen MR) is 189 cm³/mol. The summed E-state index contributed by atoms with van der Waals surface area (Å²) < 4.78 is 55.0. The molecule has 7 atom stereocenters. The summed E-state index contributed by atoms with van der Waals surface area (Å²) in [6, 6.07) is 10.6. The Labute approximate surface area is 297 Å². The summed E-state index contributed by atoms with van der Waals surface area (Å²) in [5, 5.41) is 6.54. The van der Waals surface area contributed by atoms with E-state index < -0.39 is 11.7 Å². The molecule has 7 nitrogen and oxygen atoms in total. The van der Waals surface area contributed by atoms with Crippen molar-refractivity contribution in [2.45, 2.75) is 96.6 Å². The number of rotatable bonds is 9. The number of ether oxygens (including phenoxy) is 2. The minimum Gasteiger partial charge on any atom is -0.375 e. The molecule has 2 aromatic carbocycles. The maximum absolute atomic E-state index is 14.3. The number of aromatic nitrogens is 1. The van der Waals surface area contributed by atoms with E-state index in [1.165, 1.54) is 12.1 Å². The first-order valence-corrected chi connectivity index (χ1v) is 19.0. The highest BCUT2D eigenvalue weighted by atomic mass is 19.3. The SMILES string of the molecule is C[C@]12CCC(F)(F)C[C@@H]1CC[C@@H]1[C@@H]2CC[C@]2(C)[C@@H](OCCOCC(=O)NCc3ccc(-c4[nH]c5cc(F)cc6c5c4CCNC6=O)cc3)CC[C@@H]12. The van der Waals surface area contributed by atoms with Crippen LogP contribution in [0.25, 0.3) is 22.2 Å². The fourth-order valence-corrected chi connectivity index (χ4v) is 11.3. The van der Waals surface area contributed by atoms with Crippen LogP contribution < -0.4 is 10.6 Å². The van der Waals surface area contributed by atoms with Gasteiger partial charge in [-0.25, -0.2) is 13.2 Å². The zero-order chi connectivity index (χ0) is 35.5. The molecule has 3 aromatic rings. The largest absolute Gasteiger partial charge is 0.375 e. The first kappa shape index (κ1) is 34.7. The van der Waals surface area contributed by atoms with Crippen LogP contribution in [0.1, 0.15) is 93.1 Å². The number of halogens is 3. The molecule has 2 amide bonds. The lowest BCUT2D eigenvalue weighted by molar-refractivity contribution is -0.170. The average molecular weight is 706 g/mol. The highest BCUT2D eigenvalue weighted by molar-refractivity contribution is 6.10. The van der Waals surface area contributed by atoms with Crippen molar-refractivity contribution in [3.8, 4) is 11.3 Å². The minimum absolute atomic E-state index is 0.0430. The molecule has 2 heterocycles. The van der Waals surface area contributed by atoms with Gasteiger partial charge in [0.25, 0.3) is 5.91 Å². The van der Waals surface area contributed by atoms with Crippen molar-refractivity contribution in [3.05, 3.63) is 58.9 Å². The molecule has 0 radical (unpaired) electrons. The van der Waals surface area contributed by atoms with Crippen LogP contribution in [0.5, 0.6) is 0 Å². The van der Waals surface area contributed by atoms with Crippen LogP contribution >= 0.6 is 0 Å². The molecular weight excluding hydrogens is 655 g/mol. The smallest absolute Gasteiger partial charge is 0.252 e. The Hall–Kier alpha value is -3.37. The molecule has 3 N–H and O–H groups in total. The van der Waals surface area contributed by atoms with E-state index in [0.717, 1.165) is 66.3 Å². The fraction of sp³-hybridized carbons (Fsp3) is 0.610. The lowest BCUT2D eigenvalue weighted by Crippen LogP contribution is -2.55. The fourth-order valence-electron chi connectivity index (χ4n) is 11.3. The van der Waals surface area contributed by atoms with Gasteiger partial charge in [-0.2, -0.15) is 0 Å². The van der Waals surface area contributed by atoms with Crippen molar-refractivity contribution in [3.63, 3.8) is 0 Å². The van der Waals surface area contributed by atoms with Crippen LogP contribution in [-0.2, 0) is 27.2 Å². The van der Waals surface area contributed by atoms with E-state index in [9.17, 15) is 22.8 Å². The van der Waals surface area contributed by atoms with E-state index in [2.05, 4.69) is 29.5 Å². The van der Waals surface area contributed by atoms with E-state index in [-0.39, 0.29) is 54.1 Å². The number of carbonyl (C=O) groups excluding carboxylic acids is 2. The van der Waals surface area contributed by atoms with Gasteiger partial charge in [0.1, 0.15) is 12.4 Å². The molecule has 0 unspecified atom stereocenters. The number of hydrogen-bond donors (Lipinski definition) is 3. The van der Waals surface area contributed by atoms with E-state index in [1.807, 2.05) is 24.3 Å². The summed E-state index contributed by atoms with van der Waals surface area (Å²) in [5.74, 6) is -1.52. The Bertz CT molecular complexity index is 1810. The van der Waals surface area contributed by atoms with E-state index in [4.69, 9.17) is 9.47 Å². The van der Waals surface area contributed by atoms with Crippen LogP contribution in [0.15, 0.2) is 36.4 Å². The quantitative estimate of drug-likeness (QED) is 0.197. The molecule has 1 aromatic heterocycles. The highest BCUT2D eigenvalue weighted by Crippen LogP contribution is 2.67. The molecule has 1 aliphatic heterocycles. The molecule has 0 bridgehead atoms. The van der Waals surface area contributed by atoms with Gasteiger partial charge in [0, 0.05) is 42.5 Å². The average Bonchev–Trinajstić information content (AvgIpc) is 3.58. The molecule has 4 fully saturated rings. The molecule has 51 heavy (non-hydrogen) atoms. The second-order valence-corrected chi connectivity index (χ2v) is 16.6. The number of H-pyrrole nitrogens is 1. The summed E-state index contributed by atoms with van der Waals surface area (Å²) in [6.45, 7) is 6.30. The Morgan fingerprint density at radius 3 is 2.59 bits per heavy atom. The monoisotopic (exact) mass is 705 g/mol. The van der Waals surface area contributed by atoms with Gasteiger partial charge in [-0.3, -0.25) is 9.59 Å². The number of hydrogen-bond acceptors (Lipinski definition) is 4. The van der Waals surface area contributed by atoms with Gasteiger partial charge in [-0.15, -0.1) is 0 Å². The zero-order valence-electron chi connectivity index (χ0n) is 29.7. The lowest BCUT2D eigenvalue weighted by atomic mass is 9.45. The normalized spacial score (nSPS) is 32.4. The first-order valence-electron chi connectivity index (χ1n) is 19.0. The standard InChI is InChI=1S/C41H50F3N3O4/c1-39-14-15-41(43,44)21-26(39)7-8-28-31-9-10-34(40(31,2)13-11-32(28)39)51-18-17-50-23-35(48)46-22-24-3-5-25(6-4-24)37-29-12-16-45-38(49)30-19-27(42)20-33(47-37)36(29)30/h3-6,19-20,26,28,31-32,34,47H,7-18,21-23H2,1-2H3,(H,45,49)(H,46,48)/t26-,28-,31-,32-,34-,39-,40-/m0/s1. The first-order chi connectivity index (χ1) is 24.4. The third-order valence-corrected chi connectivity index (χ3v) is 13.9. The molecule has 4 saturated carbocycles. The van der Waals surface area contributed by atoms with E-state index in [1.54, 1.807) is 0 Å². The van der Waals surface area contributed by atoms with Gasteiger partial charge in [0.05, 0.1) is 24.9 Å². The minimum atomic E-state index is -2.49. The molecular formula is C41H50F3N3O4. The van der Waals surface area contributed by atoms with Crippen LogP contribution in [0.2, 0.25) is 0 Å². The Kier molecular flexibility index (Phi) is 9.01. The van der Waals surface area contributed by atoms with E-state index >= 15 is 0 Å². The lowest BCUT2D eigenvalue weighted by Gasteiger charge is -2.61. The molecule has 5 aliphatic rings. The van der Waals surface area contributed by atoms with Crippen LogP contribution in [0.4, 0.5) is 13.2 Å². The third kappa shape index (κ3) is 6.28. The topological polar surface area (TPSA) is 92.4 Å². The summed E-state index contributed by atoms with van der Waals surface area (Å²) in [5.41, 5.74) is 4.82. The Morgan fingerprint density at radius 1 is 0.961 bits per heavy atom. The summed E-state index contributed by atoms with van der Waals surface area (Å²) in [4.78, 5) is 28.4. The maximum Gasteiger partial charge on any atom is 0.252 e. The van der Waals surface area contributed by atoms with Gasteiger partial charge >= 0.3 is 0 Å². The van der Waals surface area contributed by atoms with Gasteiger partial charge in [0.2, 0.25) is 11.8 Å². The van der Waals surface area contributed by atoms with E-state index in [0.29, 0.717) is 68.0 Å². The third-order valence-electron chi connectivity index (χ3n) is 13.9. The van der Waals surface area contributed by atoms with Crippen molar-refractivity contribution in [2.24, 2.45) is 34.5 Å². The summed E-state index contributed by atoms with van der Waals surface area (Å²) in [7, 11) is 0. The van der Waals surface area contributed by atoms with Crippen molar-refractivity contribution in [1.82, 2.24) is 15.6 Å². The van der Waals surface area contributed by atoms with Crippen molar-refractivity contribution >= 4 is 22.7 Å². The number of nitrogens with one attached hydrogen (secondary N) is 3. The molecule has 8 rings (SSSR count). The number of fused-ring (bicyclic) bond motifs is 5. The van der Waals surface area contributed by atoms with Crippen molar-refractivity contribution < 1.29 is 32.2 Å². The highest BCUT2D eigenvalue weighted by Gasteiger charge is 2.62. The van der Waals surface area contributed by atoms with Gasteiger partial charge in [-0.05, 0) is 115 Å². The Morgan fingerprint density at radius 2 is 1.76 bits per heavy atom. The van der Waals surface area contributed by atoms with Gasteiger partial charge in [-0.1, -0.05) is 38.1 Å². The zero-order valence-corrected chi connectivity index (χ0v) is 29.7. The second kappa shape index (κ2) is 13.2. The van der Waals surface area contributed by atoms with Crippen molar-refractivity contribution in [1.29, 1.82) is 0 Å². The number of alkyl halides is 2. The number of benzene rings is 2. The maximum atomic E-state index is 14.3. The number of aromatic amines is 1. The summed E-state index contributed by atoms with van der Waals surface area (Å²) in [6.07, 6.45) is 7.97. The predicted octanol–water partition coefficient (Wildman–Crippen LogP) is 7.96.